The molecule has 8 heteroatoms. The van der Waals surface area contributed by atoms with Crippen LogP contribution in [0.15, 0.2) is 59.8 Å². The van der Waals surface area contributed by atoms with Crippen molar-refractivity contribution in [2.24, 2.45) is 0 Å². The van der Waals surface area contributed by atoms with E-state index in [1.165, 1.54) is 18.7 Å². The van der Waals surface area contributed by atoms with Gasteiger partial charge in [-0.2, -0.15) is 0 Å². The number of H-pyrrole nitrogens is 1. The number of benzene rings is 2. The normalized spacial score (nSPS) is 10.9. The zero-order valence-corrected chi connectivity index (χ0v) is 19.7. The highest BCUT2D eigenvalue weighted by Gasteiger charge is 2.22. The third-order valence-corrected chi connectivity index (χ3v) is 6.33. The third kappa shape index (κ3) is 4.47. The van der Waals surface area contributed by atoms with Gasteiger partial charge in [0.1, 0.15) is 5.75 Å². The summed E-state index contributed by atoms with van der Waals surface area (Å²) in [5, 5.41) is 9.39. The minimum atomic E-state index is -0.0985. The van der Waals surface area contributed by atoms with Gasteiger partial charge in [0, 0.05) is 22.5 Å². The molecule has 0 aliphatic heterocycles. The largest absolute Gasteiger partial charge is 0.497 e. The number of nitrogens with zero attached hydrogens (tertiary/aromatic N) is 3. The molecular formula is C25H24N4O3S. The van der Waals surface area contributed by atoms with E-state index in [2.05, 4.69) is 15.2 Å². The van der Waals surface area contributed by atoms with Crippen molar-refractivity contribution in [1.29, 1.82) is 0 Å². The molecule has 4 rings (SSSR count). The summed E-state index contributed by atoms with van der Waals surface area (Å²) in [7, 11) is 1.62. The number of carbonyl (C=O) groups is 2. The zero-order valence-electron chi connectivity index (χ0n) is 18.9. The Kier molecular flexibility index (Phi) is 6.46. The highest BCUT2D eigenvalue weighted by Crippen LogP contribution is 2.30. The molecule has 0 spiro atoms. The van der Waals surface area contributed by atoms with E-state index in [-0.39, 0.29) is 17.3 Å². The molecule has 4 aromatic rings. The van der Waals surface area contributed by atoms with Crippen LogP contribution in [-0.2, 0) is 0 Å². The fourth-order valence-electron chi connectivity index (χ4n) is 3.86. The van der Waals surface area contributed by atoms with Crippen LogP contribution in [0.1, 0.15) is 39.0 Å². The van der Waals surface area contributed by atoms with Crippen LogP contribution in [0.2, 0.25) is 0 Å². The van der Waals surface area contributed by atoms with Crippen molar-refractivity contribution >= 4 is 23.3 Å². The number of Topliss-reactive ketones (excluding diaryl/α,β-unsaturated/α-hetero) is 2. The number of thioether (sulfide) groups is 1. The van der Waals surface area contributed by atoms with Crippen molar-refractivity contribution < 1.29 is 14.3 Å². The number of carbonyl (C=O) groups excluding carboxylic acids is 2. The fraction of sp³-hybridized carbons (Fsp3) is 0.200. The molecule has 0 aliphatic rings. The number of hydrogen-bond donors (Lipinski definition) is 1. The molecule has 0 unspecified atom stereocenters. The van der Waals surface area contributed by atoms with E-state index >= 15 is 0 Å². The molecule has 2 heterocycles. The predicted molar refractivity (Wildman–Crippen MR) is 129 cm³/mol. The lowest BCUT2D eigenvalue weighted by Crippen LogP contribution is -2.07. The molecule has 0 saturated carbocycles. The summed E-state index contributed by atoms with van der Waals surface area (Å²) < 4.78 is 7.21. The molecule has 168 valence electrons. The van der Waals surface area contributed by atoms with Gasteiger partial charge in [-0.3, -0.25) is 14.2 Å². The molecule has 0 bridgehead atoms. The van der Waals surface area contributed by atoms with Crippen molar-refractivity contribution in [2.45, 2.75) is 25.9 Å². The third-order valence-electron chi connectivity index (χ3n) is 5.40. The number of ketones is 2. The number of methoxy groups -OCH3 is 1. The lowest BCUT2D eigenvalue weighted by molar-refractivity contribution is 0.101. The summed E-state index contributed by atoms with van der Waals surface area (Å²) in [5.74, 6) is 1.43. The van der Waals surface area contributed by atoms with Gasteiger partial charge in [0.05, 0.1) is 18.6 Å². The van der Waals surface area contributed by atoms with Crippen LogP contribution in [0.4, 0.5) is 0 Å². The van der Waals surface area contributed by atoms with E-state index in [9.17, 15) is 9.59 Å². The number of aromatic amines is 1. The monoisotopic (exact) mass is 460 g/mol. The molecule has 0 amide bonds. The molecule has 0 fully saturated rings. The quantitative estimate of drug-likeness (QED) is 0.292. The van der Waals surface area contributed by atoms with Crippen molar-refractivity contribution in [3.63, 3.8) is 0 Å². The summed E-state index contributed by atoms with van der Waals surface area (Å²) in [5.41, 5.74) is 4.22. The van der Waals surface area contributed by atoms with Crippen LogP contribution in [0.3, 0.4) is 0 Å². The van der Waals surface area contributed by atoms with E-state index in [4.69, 9.17) is 4.74 Å². The van der Waals surface area contributed by atoms with Gasteiger partial charge in [-0.1, -0.05) is 42.1 Å². The van der Waals surface area contributed by atoms with Crippen molar-refractivity contribution in [3.8, 4) is 22.8 Å². The molecular weight excluding hydrogens is 436 g/mol. The average molecular weight is 461 g/mol. The van der Waals surface area contributed by atoms with Gasteiger partial charge >= 0.3 is 0 Å². The predicted octanol–water partition coefficient (Wildman–Crippen LogP) is 5.07. The fourth-order valence-corrected chi connectivity index (χ4v) is 4.68. The number of nitrogens with one attached hydrogen (secondary N) is 1. The summed E-state index contributed by atoms with van der Waals surface area (Å²) in [4.78, 5) is 28.0. The van der Waals surface area contributed by atoms with Crippen molar-refractivity contribution in [3.05, 3.63) is 77.1 Å². The van der Waals surface area contributed by atoms with Crippen LogP contribution in [0, 0.1) is 13.8 Å². The molecule has 0 saturated heterocycles. The molecule has 0 aliphatic carbocycles. The maximum absolute atomic E-state index is 13.0. The molecule has 7 nitrogen and oxygen atoms in total. The molecule has 33 heavy (non-hydrogen) atoms. The Morgan fingerprint density at radius 1 is 1.03 bits per heavy atom. The van der Waals surface area contributed by atoms with Crippen LogP contribution in [0.5, 0.6) is 5.75 Å². The number of ether oxygens (including phenoxy) is 1. The van der Waals surface area contributed by atoms with Crippen LogP contribution in [-0.4, -0.2) is 44.2 Å². The van der Waals surface area contributed by atoms with E-state index < -0.39 is 0 Å². The van der Waals surface area contributed by atoms with E-state index in [0.29, 0.717) is 33.5 Å². The van der Waals surface area contributed by atoms with Crippen LogP contribution < -0.4 is 4.74 Å². The molecule has 1 N–H and O–H groups in total. The van der Waals surface area contributed by atoms with E-state index in [1.807, 2.05) is 59.2 Å². The average Bonchev–Trinajstić information content (AvgIpc) is 3.38. The summed E-state index contributed by atoms with van der Waals surface area (Å²) in [6, 6.07) is 17.4. The van der Waals surface area contributed by atoms with Gasteiger partial charge in [-0.15, -0.1) is 10.2 Å². The second-order valence-corrected chi connectivity index (χ2v) is 8.54. The Bertz CT molecular complexity index is 1310. The topological polar surface area (TPSA) is 89.9 Å². The van der Waals surface area contributed by atoms with Crippen LogP contribution >= 0.6 is 11.8 Å². The number of hydrogen-bond acceptors (Lipinski definition) is 6. The van der Waals surface area contributed by atoms with Crippen LogP contribution in [0.25, 0.3) is 17.1 Å². The Morgan fingerprint density at radius 3 is 2.33 bits per heavy atom. The minimum absolute atomic E-state index is 0.0558. The van der Waals surface area contributed by atoms with Crippen molar-refractivity contribution in [2.75, 3.05) is 12.9 Å². The summed E-state index contributed by atoms with van der Waals surface area (Å²) in [6.45, 7) is 5.11. The van der Waals surface area contributed by atoms with Gasteiger partial charge in [-0.25, -0.2) is 0 Å². The first kappa shape index (κ1) is 22.5. The first-order valence-electron chi connectivity index (χ1n) is 10.4. The van der Waals surface area contributed by atoms with Crippen molar-refractivity contribution in [1.82, 2.24) is 19.7 Å². The Labute approximate surface area is 196 Å². The minimum Gasteiger partial charge on any atom is -0.497 e. The maximum Gasteiger partial charge on any atom is 0.196 e. The number of aryl methyl sites for hydroxylation is 1. The lowest BCUT2D eigenvalue weighted by atomic mass is 10.1. The Morgan fingerprint density at radius 2 is 1.73 bits per heavy atom. The maximum atomic E-state index is 13.0. The van der Waals surface area contributed by atoms with Gasteiger partial charge in [0.2, 0.25) is 0 Å². The summed E-state index contributed by atoms with van der Waals surface area (Å²) >= 11 is 1.31. The first-order valence-corrected chi connectivity index (χ1v) is 11.4. The van der Waals surface area contributed by atoms with Gasteiger partial charge in [-0.05, 0) is 50.6 Å². The lowest BCUT2D eigenvalue weighted by Gasteiger charge is -2.11. The highest BCUT2D eigenvalue weighted by atomic mass is 32.2. The van der Waals surface area contributed by atoms with E-state index in [1.54, 1.807) is 21.0 Å². The number of aromatic nitrogens is 4. The zero-order chi connectivity index (χ0) is 23.5. The van der Waals surface area contributed by atoms with Gasteiger partial charge in [0.25, 0.3) is 0 Å². The smallest absolute Gasteiger partial charge is 0.196 e. The standard InChI is InChI=1S/C25H24N4O3S/c1-15-22(17(3)30)16(2)26-23(15)21(31)14-33-25-28-27-24(18-8-6-5-7-9-18)29(25)19-10-12-20(32-4)13-11-19/h5-13,26H,14H2,1-4H3. The first-order chi connectivity index (χ1) is 15.9. The second-order valence-electron chi connectivity index (χ2n) is 7.60. The number of rotatable bonds is 8. The summed E-state index contributed by atoms with van der Waals surface area (Å²) in [6.07, 6.45) is 0. The van der Waals surface area contributed by atoms with Gasteiger partial charge < -0.3 is 9.72 Å². The molecule has 0 radical (unpaired) electrons. The molecule has 2 aromatic heterocycles. The molecule has 2 aromatic carbocycles. The van der Waals surface area contributed by atoms with E-state index in [0.717, 1.165) is 17.0 Å². The highest BCUT2D eigenvalue weighted by molar-refractivity contribution is 7.99. The Hall–Kier alpha value is -3.65. The molecule has 0 atom stereocenters. The Balaban J connectivity index is 1.67. The van der Waals surface area contributed by atoms with Gasteiger partial charge in [0.15, 0.2) is 22.5 Å². The second kappa shape index (κ2) is 9.46. The SMILES string of the molecule is COc1ccc(-n2c(SCC(=O)c3[nH]c(C)c(C(C)=O)c3C)nnc2-c2ccccc2)cc1.